The summed E-state index contributed by atoms with van der Waals surface area (Å²) in [5, 5.41) is 14.4. The van der Waals surface area contributed by atoms with Crippen LogP contribution in [0.4, 0.5) is 0 Å². The van der Waals surface area contributed by atoms with Gasteiger partial charge in [-0.3, -0.25) is 19.2 Å². The molecule has 1 saturated heterocycles. The van der Waals surface area contributed by atoms with Gasteiger partial charge in [-0.1, -0.05) is 0 Å². The van der Waals surface area contributed by atoms with E-state index in [-0.39, 0.29) is 13.0 Å². The molecule has 12 nitrogen and oxygen atoms in total. The van der Waals surface area contributed by atoms with E-state index in [9.17, 15) is 29.1 Å². The molecule has 13 heteroatoms. The van der Waals surface area contributed by atoms with E-state index in [0.717, 1.165) is 0 Å². The van der Waals surface area contributed by atoms with Crippen LogP contribution in [-0.2, 0) is 24.0 Å². The summed E-state index contributed by atoms with van der Waals surface area (Å²) in [5.74, 6) is -3.18. The molecule has 1 aliphatic rings. The van der Waals surface area contributed by atoms with Crippen LogP contribution in [0, 0.1) is 0 Å². The van der Waals surface area contributed by atoms with Gasteiger partial charge in [0.25, 0.3) is 0 Å². The molecule has 33 heavy (non-hydrogen) atoms. The Balaban J connectivity index is 2.97. The minimum absolute atomic E-state index is 0.231. The van der Waals surface area contributed by atoms with Gasteiger partial charge >= 0.3 is 5.97 Å². The van der Waals surface area contributed by atoms with Crippen molar-refractivity contribution in [3.05, 3.63) is 0 Å². The summed E-state index contributed by atoms with van der Waals surface area (Å²) in [6.07, 6.45) is 4.00. The second-order valence-electron chi connectivity index (χ2n) is 7.99. The van der Waals surface area contributed by atoms with E-state index in [0.29, 0.717) is 44.4 Å². The maximum atomic E-state index is 13.1. The second kappa shape index (κ2) is 14.7. The van der Waals surface area contributed by atoms with Crippen molar-refractivity contribution in [1.29, 1.82) is 0 Å². The number of hydrogen-bond acceptors (Lipinski definition) is 8. The SMILES string of the molecule is CSCCC(N)C(=O)NC(CC(N)=O)C(=O)NC(CCCCN)C(=O)N1CCCC1C(=O)O. The lowest BCUT2D eigenvalue weighted by molar-refractivity contribution is -0.149. The fraction of sp³-hybridized carbons (Fsp3) is 0.750. The van der Waals surface area contributed by atoms with Crippen molar-refractivity contribution < 1.29 is 29.1 Å². The number of hydrogen-bond donors (Lipinski definition) is 6. The Morgan fingerprint density at radius 3 is 2.33 bits per heavy atom. The molecule has 0 aromatic heterocycles. The van der Waals surface area contributed by atoms with Crippen molar-refractivity contribution in [3.8, 4) is 0 Å². The predicted molar refractivity (Wildman–Crippen MR) is 124 cm³/mol. The molecule has 0 spiro atoms. The third kappa shape index (κ3) is 9.56. The molecule has 4 amide bonds. The van der Waals surface area contributed by atoms with E-state index in [1.807, 2.05) is 6.26 Å². The Morgan fingerprint density at radius 1 is 1.09 bits per heavy atom. The van der Waals surface area contributed by atoms with Crippen molar-refractivity contribution in [2.75, 3.05) is 25.1 Å². The third-order valence-electron chi connectivity index (χ3n) is 5.39. The summed E-state index contributed by atoms with van der Waals surface area (Å²) in [6, 6.07) is -4.17. The first-order valence-corrected chi connectivity index (χ1v) is 12.4. The van der Waals surface area contributed by atoms with Gasteiger partial charge in [0.1, 0.15) is 18.1 Å². The molecule has 0 aromatic rings. The zero-order valence-electron chi connectivity index (χ0n) is 19.0. The first-order chi connectivity index (χ1) is 15.6. The summed E-state index contributed by atoms with van der Waals surface area (Å²) in [6.45, 7) is 0.662. The van der Waals surface area contributed by atoms with Crippen LogP contribution >= 0.6 is 11.8 Å². The topological polar surface area (TPSA) is 211 Å². The van der Waals surface area contributed by atoms with Crippen LogP contribution in [0.1, 0.15) is 44.9 Å². The Bertz CT molecular complexity index is 709. The number of rotatable bonds is 15. The van der Waals surface area contributed by atoms with Gasteiger partial charge < -0.3 is 37.8 Å². The largest absolute Gasteiger partial charge is 0.480 e. The van der Waals surface area contributed by atoms with Gasteiger partial charge in [0.15, 0.2) is 0 Å². The van der Waals surface area contributed by atoms with E-state index in [1.54, 1.807) is 0 Å². The molecular weight excluding hydrogens is 452 g/mol. The molecule has 1 heterocycles. The number of nitrogens with zero attached hydrogens (tertiary/aromatic N) is 1. The highest BCUT2D eigenvalue weighted by molar-refractivity contribution is 7.98. The number of aliphatic carboxylic acids is 1. The molecular formula is C20H36N6O6S. The van der Waals surface area contributed by atoms with Gasteiger partial charge in [-0.15, -0.1) is 0 Å². The van der Waals surface area contributed by atoms with Gasteiger partial charge in [0.2, 0.25) is 23.6 Å². The lowest BCUT2D eigenvalue weighted by Gasteiger charge is -2.29. The highest BCUT2D eigenvalue weighted by Gasteiger charge is 2.38. The Kier molecular flexibility index (Phi) is 12.8. The fourth-order valence-corrected chi connectivity index (χ4v) is 4.06. The van der Waals surface area contributed by atoms with Gasteiger partial charge in [-0.2, -0.15) is 11.8 Å². The Hall–Kier alpha value is -2.38. The van der Waals surface area contributed by atoms with Crippen molar-refractivity contribution in [1.82, 2.24) is 15.5 Å². The lowest BCUT2D eigenvalue weighted by Crippen LogP contribution is -2.57. The molecule has 0 radical (unpaired) electrons. The summed E-state index contributed by atoms with van der Waals surface area (Å²) < 4.78 is 0. The third-order valence-corrected chi connectivity index (χ3v) is 6.03. The minimum atomic E-state index is -1.31. The van der Waals surface area contributed by atoms with Crippen LogP contribution in [0.3, 0.4) is 0 Å². The maximum absolute atomic E-state index is 13.1. The molecule has 0 aliphatic carbocycles. The quantitative estimate of drug-likeness (QED) is 0.142. The van der Waals surface area contributed by atoms with Crippen LogP contribution < -0.4 is 27.8 Å². The molecule has 4 atom stereocenters. The number of likely N-dealkylation sites (tertiary alicyclic amines) is 1. The molecule has 1 rings (SSSR count). The number of nitrogens with one attached hydrogen (secondary N) is 2. The van der Waals surface area contributed by atoms with E-state index >= 15 is 0 Å². The first kappa shape index (κ1) is 28.7. The average Bonchev–Trinajstić information content (AvgIpc) is 3.25. The molecule has 4 unspecified atom stereocenters. The van der Waals surface area contributed by atoms with E-state index < -0.39 is 60.2 Å². The van der Waals surface area contributed by atoms with Crippen LogP contribution in [0.15, 0.2) is 0 Å². The highest BCUT2D eigenvalue weighted by Crippen LogP contribution is 2.20. The number of amides is 4. The number of primary amides is 1. The van der Waals surface area contributed by atoms with Crippen molar-refractivity contribution in [2.24, 2.45) is 17.2 Å². The number of nitrogens with two attached hydrogens (primary N) is 3. The first-order valence-electron chi connectivity index (χ1n) is 11.0. The molecule has 0 bridgehead atoms. The van der Waals surface area contributed by atoms with E-state index in [4.69, 9.17) is 17.2 Å². The number of thioether (sulfide) groups is 1. The maximum Gasteiger partial charge on any atom is 0.326 e. The summed E-state index contributed by atoms with van der Waals surface area (Å²) in [7, 11) is 0. The molecule has 1 aliphatic heterocycles. The fourth-order valence-electron chi connectivity index (χ4n) is 3.58. The van der Waals surface area contributed by atoms with Crippen LogP contribution in [0.2, 0.25) is 0 Å². The number of carbonyl (C=O) groups excluding carboxylic acids is 4. The standard InChI is InChI=1S/C20H36N6O6S/c1-33-10-7-12(22)17(28)25-14(11-16(23)27)18(29)24-13(5-2-3-8-21)19(30)26-9-4-6-15(26)20(31)32/h12-15H,2-11,21-22H2,1H3,(H2,23,27)(H,24,29)(H,25,28)(H,31,32). The molecule has 0 saturated carbocycles. The monoisotopic (exact) mass is 488 g/mol. The number of carboxylic acids is 1. The summed E-state index contributed by atoms with van der Waals surface area (Å²) in [4.78, 5) is 62.7. The normalized spacial score (nSPS) is 18.3. The Labute approximate surface area is 197 Å². The van der Waals surface area contributed by atoms with Crippen LogP contribution in [0.25, 0.3) is 0 Å². The number of carboxylic acid groups (broad SMARTS) is 1. The van der Waals surface area contributed by atoms with Crippen molar-refractivity contribution >= 4 is 41.4 Å². The minimum Gasteiger partial charge on any atom is -0.480 e. The van der Waals surface area contributed by atoms with E-state index in [1.165, 1.54) is 16.7 Å². The number of unbranched alkanes of at least 4 members (excludes halogenated alkanes) is 1. The smallest absolute Gasteiger partial charge is 0.326 e. The van der Waals surface area contributed by atoms with Gasteiger partial charge in [0, 0.05) is 6.54 Å². The second-order valence-corrected chi connectivity index (χ2v) is 8.98. The molecule has 188 valence electrons. The average molecular weight is 489 g/mol. The molecule has 9 N–H and O–H groups in total. The van der Waals surface area contributed by atoms with Crippen molar-refractivity contribution in [3.63, 3.8) is 0 Å². The lowest BCUT2D eigenvalue weighted by atomic mass is 10.1. The van der Waals surface area contributed by atoms with Gasteiger partial charge in [-0.05, 0) is 57.1 Å². The van der Waals surface area contributed by atoms with Crippen molar-refractivity contribution in [2.45, 2.75) is 69.1 Å². The van der Waals surface area contributed by atoms with E-state index in [2.05, 4.69) is 10.6 Å². The highest BCUT2D eigenvalue weighted by atomic mass is 32.2. The van der Waals surface area contributed by atoms with Gasteiger partial charge in [0.05, 0.1) is 12.5 Å². The summed E-state index contributed by atoms with van der Waals surface area (Å²) in [5.41, 5.74) is 16.6. The predicted octanol–water partition coefficient (Wildman–Crippen LogP) is -1.88. The summed E-state index contributed by atoms with van der Waals surface area (Å²) >= 11 is 1.51. The van der Waals surface area contributed by atoms with Crippen LogP contribution in [-0.4, -0.2) is 88.9 Å². The zero-order chi connectivity index (χ0) is 25.0. The zero-order valence-corrected chi connectivity index (χ0v) is 19.8. The molecule has 1 fully saturated rings. The number of carbonyl (C=O) groups is 5. The van der Waals surface area contributed by atoms with Crippen LogP contribution in [0.5, 0.6) is 0 Å². The Morgan fingerprint density at radius 2 is 1.76 bits per heavy atom. The van der Waals surface area contributed by atoms with Gasteiger partial charge in [-0.25, -0.2) is 4.79 Å². The molecule has 0 aromatic carbocycles.